The summed E-state index contributed by atoms with van der Waals surface area (Å²) < 4.78 is 37.7. The third-order valence-corrected chi connectivity index (χ3v) is 9.10. The molecule has 6 rings (SSSR count). The van der Waals surface area contributed by atoms with E-state index >= 15 is 0 Å². The monoisotopic (exact) mass is 730 g/mol. The van der Waals surface area contributed by atoms with E-state index in [1.54, 1.807) is 12.4 Å². The average Bonchev–Trinajstić information content (AvgIpc) is 3.12. The Morgan fingerprint density at radius 3 is 1.58 bits per heavy atom. The first-order valence-electron chi connectivity index (χ1n) is 17.0. The van der Waals surface area contributed by atoms with Crippen LogP contribution in [0, 0.1) is 6.92 Å². The Morgan fingerprint density at radius 1 is 0.692 bits per heavy atom. The summed E-state index contributed by atoms with van der Waals surface area (Å²) in [6.45, 7) is 11.1. The minimum atomic E-state index is -4.39. The number of amides is 2. The fraction of sp³-hybridized carbons (Fsp3) is 0.300. The van der Waals surface area contributed by atoms with Gasteiger partial charge in [-0.25, -0.2) is 9.97 Å². The van der Waals surface area contributed by atoms with Crippen LogP contribution in [0.5, 0.6) is 0 Å². The zero-order valence-corrected chi connectivity index (χ0v) is 30.4. The number of nitrogens with one attached hydrogen (secondary N) is 2. The second-order valence-electron chi connectivity index (χ2n) is 13.6. The SMILES string of the molecule is CC(C)(C)c1ccc(NC(=O)C2=CCN(c3ncccc3Cl)CC2)cc1.Cc1cccnc1N1CC=C(C(=O)Nc2ccc(C(F)(F)F)cc2)CC1. The molecule has 0 aliphatic carbocycles. The number of rotatable bonds is 6. The molecule has 2 N–H and O–H groups in total. The van der Waals surface area contributed by atoms with Gasteiger partial charge in [-0.15, -0.1) is 0 Å². The van der Waals surface area contributed by atoms with Gasteiger partial charge in [0, 0.05) is 61.1 Å². The summed E-state index contributed by atoms with van der Waals surface area (Å²) in [5, 5.41) is 6.27. The maximum atomic E-state index is 12.6. The Bertz CT molecular complexity index is 1800. The Labute approximate surface area is 307 Å². The molecule has 4 heterocycles. The molecule has 0 atom stereocenters. The number of hydrogen-bond donors (Lipinski definition) is 2. The van der Waals surface area contributed by atoms with E-state index in [4.69, 9.17) is 11.6 Å². The minimum Gasteiger partial charge on any atom is -0.352 e. The van der Waals surface area contributed by atoms with Crippen molar-refractivity contribution in [3.05, 3.63) is 130 Å². The molecule has 0 saturated heterocycles. The summed E-state index contributed by atoms with van der Waals surface area (Å²) in [5.41, 5.74) is 4.25. The smallest absolute Gasteiger partial charge is 0.352 e. The van der Waals surface area contributed by atoms with Gasteiger partial charge in [0.2, 0.25) is 0 Å². The number of carbonyl (C=O) groups excluding carboxylic acids is 2. The van der Waals surface area contributed by atoms with Crippen LogP contribution in [-0.2, 0) is 21.2 Å². The van der Waals surface area contributed by atoms with Crippen molar-refractivity contribution in [1.29, 1.82) is 0 Å². The van der Waals surface area contributed by atoms with Gasteiger partial charge >= 0.3 is 6.18 Å². The molecule has 0 bridgehead atoms. The number of aryl methyl sites for hydroxylation is 1. The summed E-state index contributed by atoms with van der Waals surface area (Å²) in [6, 6.07) is 20.0. The molecule has 2 aromatic carbocycles. The van der Waals surface area contributed by atoms with E-state index in [0.29, 0.717) is 48.8 Å². The highest BCUT2D eigenvalue weighted by Gasteiger charge is 2.30. The Kier molecular flexibility index (Phi) is 12.1. The molecule has 0 saturated carbocycles. The molecule has 0 spiro atoms. The lowest BCUT2D eigenvalue weighted by Crippen LogP contribution is -2.32. The van der Waals surface area contributed by atoms with Crippen molar-refractivity contribution in [3.8, 4) is 0 Å². The van der Waals surface area contributed by atoms with Crippen LogP contribution in [0.2, 0.25) is 5.02 Å². The van der Waals surface area contributed by atoms with Gasteiger partial charge < -0.3 is 20.4 Å². The van der Waals surface area contributed by atoms with Crippen molar-refractivity contribution in [2.24, 2.45) is 0 Å². The van der Waals surface area contributed by atoms with Gasteiger partial charge in [-0.2, -0.15) is 13.2 Å². The van der Waals surface area contributed by atoms with Crippen molar-refractivity contribution in [2.75, 3.05) is 46.6 Å². The van der Waals surface area contributed by atoms with E-state index in [2.05, 4.69) is 63.3 Å². The molecular formula is C40H42ClF3N6O2. The van der Waals surface area contributed by atoms with Crippen LogP contribution < -0.4 is 20.4 Å². The number of halogens is 4. The lowest BCUT2D eigenvalue weighted by atomic mass is 9.87. The van der Waals surface area contributed by atoms with Crippen molar-refractivity contribution in [3.63, 3.8) is 0 Å². The molecule has 12 heteroatoms. The first kappa shape index (κ1) is 38.1. The van der Waals surface area contributed by atoms with E-state index in [0.717, 1.165) is 47.1 Å². The number of benzene rings is 2. The second-order valence-corrected chi connectivity index (χ2v) is 14.0. The molecular weight excluding hydrogens is 689 g/mol. The van der Waals surface area contributed by atoms with Gasteiger partial charge in [0.15, 0.2) is 0 Å². The van der Waals surface area contributed by atoms with Gasteiger partial charge in [-0.1, -0.05) is 62.7 Å². The number of carbonyl (C=O) groups is 2. The molecule has 272 valence electrons. The van der Waals surface area contributed by atoms with Gasteiger partial charge in [-0.3, -0.25) is 9.59 Å². The third kappa shape index (κ3) is 10.00. The average molecular weight is 731 g/mol. The molecule has 4 aromatic rings. The predicted octanol–water partition coefficient (Wildman–Crippen LogP) is 8.99. The van der Waals surface area contributed by atoms with Crippen molar-refractivity contribution in [1.82, 2.24) is 9.97 Å². The Hall–Kier alpha value is -5.16. The van der Waals surface area contributed by atoms with Crippen LogP contribution in [0.1, 0.15) is 50.3 Å². The van der Waals surface area contributed by atoms with Crippen LogP contribution in [0.15, 0.2) is 108 Å². The zero-order valence-electron chi connectivity index (χ0n) is 29.6. The standard InChI is InChI=1S/C21H24ClN3O.C19H18F3N3O/c1-21(2,3)16-6-8-17(9-7-16)24-20(26)15-10-13-25(14-11-15)19-18(22)5-4-12-23-19;1-13-3-2-10-23-17(13)25-11-8-14(9-12-25)18(26)24-16-6-4-15(5-7-16)19(20,21)22/h4-10,12H,11,13-14H2,1-3H3,(H,24,26);2-8,10H,9,11-12H2,1H3,(H,24,26). The normalized spacial score (nSPS) is 14.8. The summed E-state index contributed by atoms with van der Waals surface area (Å²) in [4.78, 5) is 37.7. The maximum Gasteiger partial charge on any atom is 0.416 e. The number of hydrogen-bond acceptors (Lipinski definition) is 6. The number of nitrogens with zero attached hydrogens (tertiary/aromatic N) is 4. The van der Waals surface area contributed by atoms with Gasteiger partial charge in [-0.05, 0) is 90.9 Å². The largest absolute Gasteiger partial charge is 0.416 e. The molecule has 0 radical (unpaired) electrons. The Balaban J connectivity index is 0.000000201. The molecule has 2 aromatic heterocycles. The molecule has 2 aliphatic rings. The highest BCUT2D eigenvalue weighted by atomic mass is 35.5. The lowest BCUT2D eigenvalue weighted by Gasteiger charge is -2.28. The molecule has 0 fully saturated rings. The van der Waals surface area contributed by atoms with Crippen molar-refractivity contribution >= 4 is 46.4 Å². The minimum absolute atomic E-state index is 0.0414. The third-order valence-electron chi connectivity index (χ3n) is 8.80. The van der Waals surface area contributed by atoms with E-state index < -0.39 is 11.7 Å². The lowest BCUT2D eigenvalue weighted by molar-refractivity contribution is -0.137. The van der Waals surface area contributed by atoms with E-state index in [-0.39, 0.29) is 17.2 Å². The summed E-state index contributed by atoms with van der Waals surface area (Å²) in [5.74, 6) is 1.33. The highest BCUT2D eigenvalue weighted by Crippen LogP contribution is 2.30. The van der Waals surface area contributed by atoms with Crippen molar-refractivity contribution in [2.45, 2.75) is 52.1 Å². The number of pyridine rings is 2. The fourth-order valence-electron chi connectivity index (χ4n) is 5.77. The molecule has 8 nitrogen and oxygen atoms in total. The molecule has 2 aliphatic heterocycles. The molecule has 0 unspecified atom stereocenters. The maximum absolute atomic E-state index is 12.6. The summed E-state index contributed by atoms with van der Waals surface area (Å²) in [7, 11) is 0. The number of anilines is 4. The predicted molar refractivity (Wildman–Crippen MR) is 202 cm³/mol. The molecule has 52 heavy (non-hydrogen) atoms. The van der Waals surface area contributed by atoms with Crippen LogP contribution in [-0.4, -0.2) is 48.0 Å². The van der Waals surface area contributed by atoms with Crippen LogP contribution in [0.25, 0.3) is 0 Å². The first-order chi connectivity index (χ1) is 24.7. The van der Waals surface area contributed by atoms with E-state index in [1.165, 1.54) is 17.7 Å². The molecule has 2 amide bonds. The van der Waals surface area contributed by atoms with Crippen LogP contribution in [0.4, 0.5) is 36.2 Å². The van der Waals surface area contributed by atoms with Gasteiger partial charge in [0.1, 0.15) is 11.6 Å². The fourth-order valence-corrected chi connectivity index (χ4v) is 6.01. The van der Waals surface area contributed by atoms with Gasteiger partial charge in [0.25, 0.3) is 11.8 Å². The highest BCUT2D eigenvalue weighted by molar-refractivity contribution is 6.32. The first-order valence-corrected chi connectivity index (χ1v) is 17.4. The topological polar surface area (TPSA) is 90.5 Å². The van der Waals surface area contributed by atoms with E-state index in [9.17, 15) is 22.8 Å². The summed E-state index contributed by atoms with van der Waals surface area (Å²) >= 11 is 6.20. The number of alkyl halides is 3. The van der Waals surface area contributed by atoms with Gasteiger partial charge in [0.05, 0.1) is 10.6 Å². The second kappa shape index (κ2) is 16.5. The quantitative estimate of drug-likeness (QED) is 0.206. The number of aromatic nitrogens is 2. The van der Waals surface area contributed by atoms with Crippen LogP contribution in [0.3, 0.4) is 0 Å². The summed E-state index contributed by atoms with van der Waals surface area (Å²) in [6.07, 6.45) is 4.07. The van der Waals surface area contributed by atoms with Crippen LogP contribution >= 0.6 is 11.6 Å². The Morgan fingerprint density at radius 2 is 1.15 bits per heavy atom. The zero-order chi connectivity index (χ0) is 37.5. The van der Waals surface area contributed by atoms with E-state index in [1.807, 2.05) is 55.5 Å². The van der Waals surface area contributed by atoms with Crippen molar-refractivity contribution < 1.29 is 22.8 Å².